The van der Waals surface area contributed by atoms with E-state index in [1.165, 1.54) is 24.3 Å². The van der Waals surface area contributed by atoms with E-state index in [4.69, 9.17) is 16.7 Å². The van der Waals surface area contributed by atoms with Crippen LogP contribution in [0.5, 0.6) is 0 Å². The Morgan fingerprint density at radius 2 is 1.93 bits per heavy atom. The Kier molecular flexibility index (Phi) is 5.72. The van der Waals surface area contributed by atoms with Gasteiger partial charge in [0, 0.05) is 5.02 Å². The molecular weight excluding hydrogens is 389 g/mol. The van der Waals surface area contributed by atoms with Gasteiger partial charge in [0.25, 0.3) is 11.8 Å². The molecule has 7 nitrogen and oxygen atoms in total. The van der Waals surface area contributed by atoms with Crippen molar-refractivity contribution in [1.82, 2.24) is 10.7 Å². The number of rotatable bonds is 5. The molecule has 1 atom stereocenters. The minimum atomic E-state index is -1.24. The molecule has 2 amide bonds. The normalized spacial score (nSPS) is 16.5. The summed E-state index contributed by atoms with van der Waals surface area (Å²) in [6.07, 6.45) is 1.39. The number of nitrogens with one attached hydrogen (secondary N) is 2. The van der Waals surface area contributed by atoms with Gasteiger partial charge in [-0.2, -0.15) is 0 Å². The molecule has 0 fully saturated rings. The van der Waals surface area contributed by atoms with Crippen LogP contribution in [0.1, 0.15) is 11.6 Å². The molecular formula is C19H15ClFN3O4. The largest absolute Gasteiger partial charge is 0.480 e. The fourth-order valence-electron chi connectivity index (χ4n) is 2.67. The Morgan fingerprint density at radius 3 is 2.57 bits per heavy atom. The van der Waals surface area contributed by atoms with Crippen molar-refractivity contribution in [3.63, 3.8) is 0 Å². The SMILES string of the molecule is O=C(O)CNC(=O)C1=CC(c2ccc(Cl)cc2)NN(c2cccc(F)c2)C1=O. The minimum absolute atomic E-state index is 0.195. The summed E-state index contributed by atoms with van der Waals surface area (Å²) in [4.78, 5) is 35.9. The smallest absolute Gasteiger partial charge is 0.322 e. The topological polar surface area (TPSA) is 98.7 Å². The predicted molar refractivity (Wildman–Crippen MR) is 99.9 cm³/mol. The molecule has 1 unspecified atom stereocenters. The molecule has 0 aliphatic carbocycles. The molecule has 1 heterocycles. The third-order valence-corrected chi connectivity index (χ3v) is 4.23. The summed E-state index contributed by atoms with van der Waals surface area (Å²) in [5, 5.41) is 12.5. The zero-order chi connectivity index (χ0) is 20.3. The maximum atomic E-state index is 13.6. The van der Waals surface area contributed by atoms with Crippen LogP contribution in [0.4, 0.5) is 10.1 Å². The number of carboxylic acids is 1. The highest BCUT2D eigenvalue weighted by molar-refractivity contribution is 6.30. The highest BCUT2D eigenvalue weighted by atomic mass is 35.5. The number of carbonyl (C=O) groups is 3. The molecule has 144 valence electrons. The quantitative estimate of drug-likeness (QED) is 0.665. The predicted octanol–water partition coefficient (Wildman–Crippen LogP) is 2.20. The fraction of sp³-hybridized carbons (Fsp3) is 0.105. The third-order valence-electron chi connectivity index (χ3n) is 3.98. The molecule has 3 rings (SSSR count). The van der Waals surface area contributed by atoms with E-state index in [1.807, 2.05) is 0 Å². The van der Waals surface area contributed by atoms with Crippen molar-refractivity contribution in [2.24, 2.45) is 0 Å². The Bertz CT molecular complexity index is 962. The lowest BCUT2D eigenvalue weighted by Crippen LogP contribution is -2.51. The summed E-state index contributed by atoms with van der Waals surface area (Å²) in [6, 6.07) is 11.4. The number of amides is 2. The number of carboxylic acid groups (broad SMARTS) is 1. The van der Waals surface area contributed by atoms with E-state index in [2.05, 4.69) is 10.7 Å². The molecule has 0 aromatic heterocycles. The van der Waals surface area contributed by atoms with Crippen molar-refractivity contribution in [3.05, 3.63) is 76.6 Å². The second-order valence-corrected chi connectivity index (χ2v) is 6.37. The Balaban J connectivity index is 1.99. The maximum Gasteiger partial charge on any atom is 0.322 e. The van der Waals surface area contributed by atoms with Gasteiger partial charge in [-0.25, -0.2) is 14.8 Å². The highest BCUT2D eigenvalue weighted by Gasteiger charge is 2.33. The van der Waals surface area contributed by atoms with E-state index < -0.39 is 36.2 Å². The van der Waals surface area contributed by atoms with Crippen LogP contribution in [0.2, 0.25) is 5.02 Å². The molecule has 2 aromatic rings. The molecule has 0 saturated heterocycles. The first-order chi connectivity index (χ1) is 13.3. The first kappa shape index (κ1) is 19.5. The summed E-state index contributed by atoms with van der Waals surface area (Å²) in [6.45, 7) is -0.636. The third kappa shape index (κ3) is 4.36. The zero-order valence-corrected chi connectivity index (χ0v) is 15.1. The van der Waals surface area contributed by atoms with Crippen molar-refractivity contribution in [1.29, 1.82) is 0 Å². The van der Waals surface area contributed by atoms with E-state index in [9.17, 15) is 18.8 Å². The molecule has 0 radical (unpaired) electrons. The van der Waals surface area contributed by atoms with Crippen molar-refractivity contribution < 1.29 is 23.9 Å². The van der Waals surface area contributed by atoms with Gasteiger partial charge in [0.2, 0.25) is 0 Å². The first-order valence-electron chi connectivity index (χ1n) is 8.18. The monoisotopic (exact) mass is 403 g/mol. The lowest BCUT2D eigenvalue weighted by Gasteiger charge is -2.33. The van der Waals surface area contributed by atoms with Crippen molar-refractivity contribution >= 4 is 35.1 Å². The van der Waals surface area contributed by atoms with Gasteiger partial charge < -0.3 is 10.4 Å². The molecule has 9 heteroatoms. The van der Waals surface area contributed by atoms with Gasteiger partial charge in [-0.1, -0.05) is 29.8 Å². The van der Waals surface area contributed by atoms with Gasteiger partial charge in [0.05, 0.1) is 11.7 Å². The highest BCUT2D eigenvalue weighted by Crippen LogP contribution is 2.27. The number of anilines is 1. The average Bonchev–Trinajstić information content (AvgIpc) is 2.67. The molecule has 1 aliphatic heterocycles. The second-order valence-electron chi connectivity index (χ2n) is 5.94. The summed E-state index contributed by atoms with van der Waals surface area (Å²) in [7, 11) is 0. The van der Waals surface area contributed by atoms with Crippen LogP contribution >= 0.6 is 11.6 Å². The summed E-state index contributed by atoms with van der Waals surface area (Å²) < 4.78 is 13.6. The van der Waals surface area contributed by atoms with Crippen LogP contribution in [0.25, 0.3) is 0 Å². The van der Waals surface area contributed by atoms with Crippen molar-refractivity contribution in [3.8, 4) is 0 Å². The van der Waals surface area contributed by atoms with Crippen LogP contribution in [0, 0.1) is 5.82 Å². The van der Waals surface area contributed by atoms with Gasteiger partial charge in [0.1, 0.15) is 17.9 Å². The Morgan fingerprint density at radius 1 is 1.21 bits per heavy atom. The van der Waals surface area contributed by atoms with Crippen LogP contribution in [0.3, 0.4) is 0 Å². The van der Waals surface area contributed by atoms with Gasteiger partial charge in [-0.05, 0) is 42.0 Å². The van der Waals surface area contributed by atoms with E-state index in [0.29, 0.717) is 10.6 Å². The van der Waals surface area contributed by atoms with Gasteiger partial charge >= 0.3 is 5.97 Å². The minimum Gasteiger partial charge on any atom is -0.480 e. The first-order valence-corrected chi connectivity index (χ1v) is 8.56. The Hall–Kier alpha value is -3.23. The van der Waals surface area contributed by atoms with Crippen LogP contribution in [-0.2, 0) is 14.4 Å². The molecule has 2 aromatic carbocycles. The number of hydrogen-bond donors (Lipinski definition) is 3. The van der Waals surface area contributed by atoms with E-state index in [0.717, 1.165) is 11.1 Å². The van der Waals surface area contributed by atoms with E-state index >= 15 is 0 Å². The van der Waals surface area contributed by atoms with Crippen LogP contribution in [0.15, 0.2) is 60.2 Å². The molecule has 0 bridgehead atoms. The van der Waals surface area contributed by atoms with Crippen molar-refractivity contribution in [2.75, 3.05) is 11.6 Å². The van der Waals surface area contributed by atoms with Crippen molar-refractivity contribution in [2.45, 2.75) is 6.04 Å². The number of halogens is 2. The lowest BCUT2D eigenvalue weighted by molar-refractivity contribution is -0.137. The van der Waals surface area contributed by atoms with E-state index in [-0.39, 0.29) is 11.3 Å². The second kappa shape index (κ2) is 8.20. The van der Waals surface area contributed by atoms with Crippen LogP contribution < -0.4 is 15.8 Å². The number of aliphatic carboxylic acids is 1. The number of carbonyl (C=O) groups excluding carboxylic acids is 2. The van der Waals surface area contributed by atoms with E-state index in [1.54, 1.807) is 24.3 Å². The molecule has 0 saturated carbocycles. The number of hydrazine groups is 1. The number of nitrogens with zero attached hydrogens (tertiary/aromatic N) is 1. The summed E-state index contributed by atoms with van der Waals surface area (Å²) in [5.41, 5.74) is 3.56. The zero-order valence-electron chi connectivity index (χ0n) is 14.4. The van der Waals surface area contributed by atoms with Crippen LogP contribution in [-0.4, -0.2) is 29.4 Å². The fourth-order valence-corrected chi connectivity index (χ4v) is 2.79. The average molecular weight is 404 g/mol. The number of benzene rings is 2. The summed E-state index contributed by atoms with van der Waals surface area (Å²) in [5.74, 6) is -3.37. The van der Waals surface area contributed by atoms with Gasteiger partial charge in [-0.3, -0.25) is 14.4 Å². The lowest BCUT2D eigenvalue weighted by atomic mass is 10.0. The number of hydrogen-bond acceptors (Lipinski definition) is 4. The molecule has 0 spiro atoms. The molecule has 1 aliphatic rings. The molecule has 3 N–H and O–H groups in total. The maximum absolute atomic E-state index is 13.6. The standard InChI is InChI=1S/C19H15ClFN3O4/c20-12-6-4-11(5-7-12)16-9-15(18(27)22-10-17(25)26)19(28)24(23-16)14-3-1-2-13(21)8-14/h1-9,16,23H,10H2,(H,22,27)(H,25,26). The Labute approximate surface area is 164 Å². The van der Waals surface area contributed by atoms with Gasteiger partial charge in [0.15, 0.2) is 0 Å². The van der Waals surface area contributed by atoms with Gasteiger partial charge in [-0.15, -0.1) is 0 Å². The molecule has 28 heavy (non-hydrogen) atoms. The summed E-state index contributed by atoms with van der Waals surface area (Å²) >= 11 is 5.90.